The molecule has 0 spiro atoms. The van der Waals surface area contributed by atoms with Crippen molar-refractivity contribution in [3.8, 4) is 22.7 Å². The zero-order valence-corrected chi connectivity index (χ0v) is 22.1. The van der Waals surface area contributed by atoms with Gasteiger partial charge < -0.3 is 14.7 Å². The summed E-state index contributed by atoms with van der Waals surface area (Å²) in [5.74, 6) is 3.35. The number of nitrogens with one attached hydrogen (secondary N) is 1. The second-order valence-corrected chi connectivity index (χ2v) is 10.8. The third-order valence-corrected chi connectivity index (χ3v) is 8.11. The molecule has 4 aromatic rings. The maximum Gasteiger partial charge on any atom is 0.257 e. The van der Waals surface area contributed by atoms with Crippen LogP contribution >= 0.6 is 0 Å². The fourth-order valence-corrected chi connectivity index (χ4v) is 6.19. The van der Waals surface area contributed by atoms with E-state index in [-0.39, 0.29) is 0 Å². The highest BCUT2D eigenvalue weighted by atomic mass is 16.5. The van der Waals surface area contributed by atoms with Crippen molar-refractivity contribution in [3.05, 3.63) is 72.7 Å². The van der Waals surface area contributed by atoms with Gasteiger partial charge in [-0.2, -0.15) is 4.98 Å². The van der Waals surface area contributed by atoms with E-state index < -0.39 is 0 Å². The van der Waals surface area contributed by atoms with Gasteiger partial charge in [-0.1, -0.05) is 48.3 Å². The molecule has 0 amide bonds. The first-order valence-corrected chi connectivity index (χ1v) is 14.0. The van der Waals surface area contributed by atoms with Gasteiger partial charge in [0.15, 0.2) is 5.82 Å². The Hall–Kier alpha value is -3.74. The molecule has 3 atom stereocenters. The maximum absolute atomic E-state index is 5.33. The molecule has 1 aliphatic heterocycles. The van der Waals surface area contributed by atoms with Crippen LogP contribution in [-0.2, 0) is 0 Å². The topological polar surface area (TPSA) is 80.0 Å². The van der Waals surface area contributed by atoms with Crippen molar-refractivity contribution >= 4 is 11.6 Å². The molecule has 0 unspecified atom stereocenters. The van der Waals surface area contributed by atoms with Crippen LogP contribution in [0.3, 0.4) is 0 Å². The first-order chi connectivity index (χ1) is 18.7. The summed E-state index contributed by atoms with van der Waals surface area (Å²) in [6.45, 7) is 4.07. The monoisotopic (exact) mass is 508 g/mol. The van der Waals surface area contributed by atoms with Crippen LogP contribution in [0.15, 0.2) is 71.4 Å². The van der Waals surface area contributed by atoms with Crippen molar-refractivity contribution in [1.29, 1.82) is 0 Å². The third kappa shape index (κ3) is 5.72. The Labute approximate surface area is 224 Å². The Morgan fingerprint density at radius 2 is 1.74 bits per heavy atom. The summed E-state index contributed by atoms with van der Waals surface area (Å²) in [7, 11) is 0. The molecule has 2 aliphatic rings. The Bertz CT molecular complexity index is 1320. The average Bonchev–Trinajstić information content (AvgIpc) is 3.41. The number of benzene rings is 2. The highest BCUT2D eigenvalue weighted by molar-refractivity contribution is 5.60. The summed E-state index contributed by atoms with van der Waals surface area (Å²) in [5.41, 5.74) is 4.34. The Kier molecular flexibility index (Phi) is 7.33. The van der Waals surface area contributed by atoms with Gasteiger partial charge in [-0.25, -0.2) is 9.97 Å². The SMILES string of the molecule is Cc1noc(-c2ccc(N3CCC[C@H](C[C@@H]4CCCC[C@H]4Nc4nccc(-c5ccccc5)n4)C3)cc2)n1. The third-order valence-electron chi connectivity index (χ3n) is 8.11. The fraction of sp³-hybridized carbons (Fsp3) is 0.419. The van der Waals surface area contributed by atoms with E-state index >= 15 is 0 Å². The molecular weight excluding hydrogens is 472 g/mol. The summed E-state index contributed by atoms with van der Waals surface area (Å²) < 4.78 is 5.33. The predicted octanol–water partition coefficient (Wildman–Crippen LogP) is 6.78. The molecular formula is C31H36N6O. The molecule has 3 heterocycles. The van der Waals surface area contributed by atoms with Gasteiger partial charge in [0.25, 0.3) is 5.89 Å². The minimum absolute atomic E-state index is 0.433. The van der Waals surface area contributed by atoms with E-state index in [1.165, 1.54) is 50.6 Å². The number of anilines is 2. The van der Waals surface area contributed by atoms with Crippen molar-refractivity contribution < 1.29 is 4.52 Å². The molecule has 1 saturated carbocycles. The van der Waals surface area contributed by atoms with E-state index in [2.05, 4.69) is 73.9 Å². The van der Waals surface area contributed by atoms with Crippen LogP contribution < -0.4 is 10.2 Å². The first-order valence-electron chi connectivity index (χ1n) is 14.0. The van der Waals surface area contributed by atoms with Gasteiger partial charge in [0.05, 0.1) is 5.69 Å². The highest BCUT2D eigenvalue weighted by Crippen LogP contribution is 2.35. The van der Waals surface area contributed by atoms with Crippen molar-refractivity contribution in [1.82, 2.24) is 20.1 Å². The predicted molar refractivity (Wildman–Crippen MR) is 151 cm³/mol. The van der Waals surface area contributed by atoms with E-state index in [0.717, 1.165) is 35.9 Å². The van der Waals surface area contributed by atoms with E-state index in [0.29, 0.717) is 29.6 Å². The smallest absolute Gasteiger partial charge is 0.257 e. The number of nitrogens with zero attached hydrogens (tertiary/aromatic N) is 5. The Morgan fingerprint density at radius 1 is 0.895 bits per heavy atom. The van der Waals surface area contributed by atoms with Gasteiger partial charge in [-0.3, -0.25) is 0 Å². The van der Waals surface area contributed by atoms with Crippen LogP contribution in [0.4, 0.5) is 11.6 Å². The Balaban J connectivity index is 1.10. The summed E-state index contributed by atoms with van der Waals surface area (Å²) in [6.07, 6.45) is 10.7. The molecule has 196 valence electrons. The molecule has 6 rings (SSSR count). The number of aromatic nitrogens is 4. The fourth-order valence-electron chi connectivity index (χ4n) is 6.19. The van der Waals surface area contributed by atoms with Crippen LogP contribution in [0.1, 0.15) is 50.8 Å². The minimum atomic E-state index is 0.433. The summed E-state index contributed by atoms with van der Waals surface area (Å²) in [4.78, 5) is 16.3. The zero-order valence-electron chi connectivity index (χ0n) is 22.1. The number of aryl methyl sites for hydroxylation is 1. The second-order valence-electron chi connectivity index (χ2n) is 10.8. The van der Waals surface area contributed by atoms with Gasteiger partial charge in [0.1, 0.15) is 0 Å². The largest absolute Gasteiger partial charge is 0.371 e. The van der Waals surface area contributed by atoms with Crippen LogP contribution in [0, 0.1) is 18.8 Å². The number of hydrogen-bond donors (Lipinski definition) is 1. The van der Waals surface area contributed by atoms with Crippen molar-refractivity contribution in [2.75, 3.05) is 23.3 Å². The van der Waals surface area contributed by atoms with Crippen LogP contribution in [0.25, 0.3) is 22.7 Å². The number of rotatable bonds is 7. The standard InChI is InChI=1S/C31H36N6O/c1-22-33-30(38-36-22)25-13-15-27(16-14-25)37-19-7-8-23(21-37)20-26-11-5-6-12-28(26)34-31-32-18-17-29(35-31)24-9-3-2-4-10-24/h2-4,9-10,13-18,23,26,28H,5-8,11-12,19-21H2,1H3,(H,32,34,35)/t23-,26+,28-/m1/s1. The molecule has 7 heteroatoms. The van der Waals surface area contributed by atoms with Crippen LogP contribution in [0.5, 0.6) is 0 Å². The number of piperidine rings is 1. The first kappa shape index (κ1) is 24.6. The minimum Gasteiger partial charge on any atom is -0.371 e. The van der Waals surface area contributed by atoms with Crippen molar-refractivity contribution in [2.45, 2.75) is 57.9 Å². The summed E-state index contributed by atoms with van der Waals surface area (Å²) >= 11 is 0. The summed E-state index contributed by atoms with van der Waals surface area (Å²) in [6, 6.07) is 21.3. The quantitative estimate of drug-likeness (QED) is 0.295. The molecule has 2 aromatic heterocycles. The lowest BCUT2D eigenvalue weighted by Gasteiger charge is -2.39. The van der Waals surface area contributed by atoms with Gasteiger partial charge in [0, 0.05) is 42.1 Å². The van der Waals surface area contributed by atoms with Crippen molar-refractivity contribution in [2.24, 2.45) is 11.8 Å². The van der Waals surface area contributed by atoms with E-state index in [1.54, 1.807) is 0 Å². The molecule has 0 bridgehead atoms. The lowest BCUT2D eigenvalue weighted by molar-refractivity contribution is 0.247. The molecule has 7 nitrogen and oxygen atoms in total. The van der Waals surface area contributed by atoms with Crippen LogP contribution in [-0.4, -0.2) is 39.2 Å². The van der Waals surface area contributed by atoms with E-state index in [4.69, 9.17) is 9.51 Å². The zero-order chi connectivity index (χ0) is 25.7. The van der Waals surface area contributed by atoms with Gasteiger partial charge in [-0.05, 0) is 81.2 Å². The average molecular weight is 509 g/mol. The van der Waals surface area contributed by atoms with Crippen molar-refractivity contribution in [3.63, 3.8) is 0 Å². The molecule has 1 aliphatic carbocycles. The molecule has 1 saturated heterocycles. The lowest BCUT2D eigenvalue weighted by Crippen LogP contribution is -2.39. The summed E-state index contributed by atoms with van der Waals surface area (Å²) in [5, 5.41) is 7.65. The lowest BCUT2D eigenvalue weighted by atomic mass is 9.77. The normalized spacial score (nSPS) is 21.8. The molecule has 2 fully saturated rings. The van der Waals surface area contributed by atoms with E-state index in [1.807, 2.05) is 25.3 Å². The second kappa shape index (κ2) is 11.3. The molecule has 38 heavy (non-hydrogen) atoms. The molecule has 2 aromatic carbocycles. The van der Waals surface area contributed by atoms with Gasteiger partial charge in [-0.15, -0.1) is 0 Å². The molecule has 0 radical (unpaired) electrons. The van der Waals surface area contributed by atoms with Crippen LogP contribution in [0.2, 0.25) is 0 Å². The maximum atomic E-state index is 5.33. The number of hydrogen-bond acceptors (Lipinski definition) is 7. The van der Waals surface area contributed by atoms with Gasteiger partial charge >= 0.3 is 0 Å². The molecule has 1 N–H and O–H groups in total. The van der Waals surface area contributed by atoms with E-state index in [9.17, 15) is 0 Å². The highest BCUT2D eigenvalue weighted by Gasteiger charge is 2.30. The van der Waals surface area contributed by atoms with Gasteiger partial charge in [0.2, 0.25) is 5.95 Å². The Morgan fingerprint density at radius 3 is 2.55 bits per heavy atom.